The van der Waals surface area contributed by atoms with Crippen LogP contribution >= 0.6 is 0 Å². The van der Waals surface area contributed by atoms with Crippen molar-refractivity contribution < 1.29 is 4.79 Å². The van der Waals surface area contributed by atoms with Crippen LogP contribution in [0, 0.1) is 5.41 Å². The predicted octanol–water partition coefficient (Wildman–Crippen LogP) is 5.97. The zero-order valence-electron chi connectivity index (χ0n) is 17.6. The summed E-state index contributed by atoms with van der Waals surface area (Å²) in [6.45, 7) is 11.6. The molecule has 1 saturated heterocycles. The number of hydrogen-bond donors (Lipinski definition) is 0. The van der Waals surface area contributed by atoms with Gasteiger partial charge < -0.3 is 9.47 Å². The zero-order valence-corrected chi connectivity index (χ0v) is 17.6. The molecule has 1 aliphatic heterocycles. The summed E-state index contributed by atoms with van der Waals surface area (Å²) >= 11 is 0. The van der Waals surface area contributed by atoms with Gasteiger partial charge in [-0.1, -0.05) is 58.7 Å². The van der Waals surface area contributed by atoms with Crippen LogP contribution in [0.3, 0.4) is 0 Å². The zero-order chi connectivity index (χ0) is 19.4. The van der Waals surface area contributed by atoms with Crippen molar-refractivity contribution in [1.29, 1.82) is 0 Å². The maximum atomic E-state index is 12.5. The Morgan fingerprint density at radius 2 is 1.81 bits per heavy atom. The lowest BCUT2D eigenvalue weighted by atomic mass is 9.87. The quantitative estimate of drug-likeness (QED) is 0.576. The number of piperidine rings is 1. The van der Waals surface area contributed by atoms with Gasteiger partial charge in [-0.2, -0.15) is 0 Å². The molecule has 148 valence electrons. The van der Waals surface area contributed by atoms with E-state index in [4.69, 9.17) is 0 Å². The summed E-state index contributed by atoms with van der Waals surface area (Å²) in [5.41, 5.74) is 2.93. The molecule has 2 aromatic rings. The van der Waals surface area contributed by atoms with E-state index >= 15 is 0 Å². The van der Waals surface area contributed by atoms with Crippen molar-refractivity contribution in [3.8, 4) is 0 Å². The first-order valence-corrected chi connectivity index (χ1v) is 10.7. The van der Waals surface area contributed by atoms with Crippen LogP contribution in [0.15, 0.2) is 30.5 Å². The van der Waals surface area contributed by atoms with E-state index in [1.807, 2.05) is 0 Å². The van der Waals surface area contributed by atoms with E-state index in [-0.39, 0.29) is 5.41 Å². The summed E-state index contributed by atoms with van der Waals surface area (Å²) in [6, 6.07) is 8.84. The SMILES string of the molecule is CCCCCn1cc(C2CCN(C(=O)CC(C)(C)C)CC2)c2ccccc21. The molecule has 0 bridgehead atoms. The maximum absolute atomic E-state index is 12.5. The largest absolute Gasteiger partial charge is 0.347 e. The first-order chi connectivity index (χ1) is 12.9. The van der Waals surface area contributed by atoms with Crippen LogP contribution in [-0.4, -0.2) is 28.5 Å². The second-order valence-corrected chi connectivity index (χ2v) is 9.39. The number of amides is 1. The van der Waals surface area contributed by atoms with Crippen LogP contribution in [0.4, 0.5) is 0 Å². The monoisotopic (exact) mass is 368 g/mol. The molecule has 0 aliphatic carbocycles. The molecule has 0 saturated carbocycles. The number of hydrogen-bond acceptors (Lipinski definition) is 1. The molecule has 1 aliphatic rings. The number of nitrogens with zero attached hydrogens (tertiary/aromatic N) is 2. The minimum atomic E-state index is 0.0693. The fraction of sp³-hybridized carbons (Fsp3) is 0.625. The van der Waals surface area contributed by atoms with Gasteiger partial charge in [-0.25, -0.2) is 0 Å². The van der Waals surface area contributed by atoms with E-state index < -0.39 is 0 Å². The highest BCUT2D eigenvalue weighted by Crippen LogP contribution is 2.35. The van der Waals surface area contributed by atoms with Crippen LogP contribution in [-0.2, 0) is 11.3 Å². The lowest BCUT2D eigenvalue weighted by Gasteiger charge is -2.33. The van der Waals surface area contributed by atoms with E-state index in [2.05, 4.69) is 67.6 Å². The molecular formula is C24H36N2O. The summed E-state index contributed by atoms with van der Waals surface area (Å²) < 4.78 is 2.46. The highest BCUT2D eigenvalue weighted by atomic mass is 16.2. The van der Waals surface area contributed by atoms with Gasteiger partial charge in [0.2, 0.25) is 5.91 Å². The Hall–Kier alpha value is -1.77. The number of aryl methyl sites for hydroxylation is 1. The van der Waals surface area contributed by atoms with Gasteiger partial charge in [-0.05, 0) is 42.2 Å². The number of fused-ring (bicyclic) bond motifs is 1. The normalized spacial score (nSPS) is 16.2. The molecule has 0 atom stereocenters. The van der Waals surface area contributed by atoms with Crippen LogP contribution in [0.5, 0.6) is 0 Å². The molecule has 3 nitrogen and oxygen atoms in total. The van der Waals surface area contributed by atoms with Crippen molar-refractivity contribution in [2.45, 2.75) is 78.7 Å². The molecule has 0 N–H and O–H groups in total. The van der Waals surface area contributed by atoms with Gasteiger partial charge in [0.25, 0.3) is 0 Å². The second kappa shape index (κ2) is 8.50. The average Bonchev–Trinajstić information content (AvgIpc) is 3.00. The fourth-order valence-electron chi connectivity index (χ4n) is 4.32. The fourth-order valence-corrected chi connectivity index (χ4v) is 4.32. The van der Waals surface area contributed by atoms with Gasteiger partial charge in [0.1, 0.15) is 0 Å². The third-order valence-electron chi connectivity index (χ3n) is 5.79. The summed E-state index contributed by atoms with van der Waals surface area (Å²) in [6.07, 6.45) is 9.00. The van der Waals surface area contributed by atoms with E-state index in [1.54, 1.807) is 0 Å². The Kier molecular flexibility index (Phi) is 6.29. The second-order valence-electron chi connectivity index (χ2n) is 9.39. The number of carbonyl (C=O) groups excluding carboxylic acids is 1. The van der Waals surface area contributed by atoms with Crippen LogP contribution in [0.1, 0.15) is 77.7 Å². The van der Waals surface area contributed by atoms with E-state index in [1.165, 1.54) is 35.7 Å². The minimum Gasteiger partial charge on any atom is -0.347 e. The Morgan fingerprint density at radius 1 is 1.11 bits per heavy atom. The molecule has 1 aromatic carbocycles. The number of rotatable bonds is 6. The van der Waals surface area contributed by atoms with Crippen molar-refractivity contribution in [3.63, 3.8) is 0 Å². The van der Waals surface area contributed by atoms with Crippen molar-refractivity contribution in [2.24, 2.45) is 5.41 Å². The standard InChI is InChI=1S/C24H36N2O/c1-5-6-9-14-26-18-21(20-10-7-8-11-22(20)26)19-12-15-25(16-13-19)23(27)17-24(2,3)4/h7-8,10-11,18-19H,5-6,9,12-17H2,1-4H3. The molecule has 0 radical (unpaired) electrons. The molecule has 27 heavy (non-hydrogen) atoms. The molecule has 1 amide bonds. The molecule has 1 fully saturated rings. The van der Waals surface area contributed by atoms with Crippen molar-refractivity contribution >= 4 is 16.8 Å². The Morgan fingerprint density at radius 3 is 2.48 bits per heavy atom. The Balaban J connectivity index is 1.71. The van der Waals surface area contributed by atoms with Gasteiger partial charge in [-0.15, -0.1) is 0 Å². The number of likely N-dealkylation sites (tertiary alicyclic amines) is 1. The highest BCUT2D eigenvalue weighted by Gasteiger charge is 2.28. The topological polar surface area (TPSA) is 25.2 Å². The third-order valence-corrected chi connectivity index (χ3v) is 5.79. The lowest BCUT2D eigenvalue weighted by molar-refractivity contribution is -0.134. The van der Waals surface area contributed by atoms with Crippen molar-refractivity contribution in [1.82, 2.24) is 9.47 Å². The van der Waals surface area contributed by atoms with Crippen molar-refractivity contribution in [3.05, 3.63) is 36.0 Å². The first-order valence-electron chi connectivity index (χ1n) is 10.7. The summed E-state index contributed by atoms with van der Waals surface area (Å²) in [5, 5.41) is 1.41. The molecule has 3 rings (SSSR count). The molecule has 3 heteroatoms. The summed E-state index contributed by atoms with van der Waals surface area (Å²) in [7, 11) is 0. The number of carbonyl (C=O) groups is 1. The highest BCUT2D eigenvalue weighted by molar-refractivity contribution is 5.84. The van der Waals surface area contributed by atoms with Gasteiger partial charge in [0.05, 0.1) is 0 Å². The van der Waals surface area contributed by atoms with Gasteiger partial charge in [-0.3, -0.25) is 4.79 Å². The number of aromatic nitrogens is 1. The Labute approximate surface area is 164 Å². The van der Waals surface area contributed by atoms with E-state index in [0.717, 1.165) is 32.5 Å². The van der Waals surface area contributed by atoms with E-state index in [9.17, 15) is 4.79 Å². The molecular weight excluding hydrogens is 332 g/mol. The molecule has 2 heterocycles. The Bertz CT molecular complexity index is 760. The first kappa shape index (κ1) is 20.0. The van der Waals surface area contributed by atoms with Crippen LogP contribution in [0.2, 0.25) is 0 Å². The van der Waals surface area contributed by atoms with Gasteiger partial charge in [0, 0.05) is 43.2 Å². The summed E-state index contributed by atoms with van der Waals surface area (Å²) in [5.74, 6) is 0.893. The van der Waals surface area contributed by atoms with Gasteiger partial charge in [0.15, 0.2) is 0 Å². The van der Waals surface area contributed by atoms with Crippen molar-refractivity contribution in [2.75, 3.05) is 13.1 Å². The number of para-hydroxylation sites is 1. The lowest BCUT2D eigenvalue weighted by Crippen LogP contribution is -2.39. The molecule has 0 unspecified atom stereocenters. The van der Waals surface area contributed by atoms with Crippen LogP contribution < -0.4 is 0 Å². The summed E-state index contributed by atoms with van der Waals surface area (Å²) in [4.78, 5) is 14.6. The molecule has 0 spiro atoms. The van der Waals surface area contributed by atoms with Gasteiger partial charge >= 0.3 is 0 Å². The number of benzene rings is 1. The third kappa shape index (κ3) is 4.94. The minimum absolute atomic E-state index is 0.0693. The van der Waals surface area contributed by atoms with Crippen LogP contribution in [0.25, 0.3) is 10.9 Å². The predicted molar refractivity (Wildman–Crippen MR) is 114 cm³/mol. The van der Waals surface area contributed by atoms with E-state index in [0.29, 0.717) is 18.2 Å². The smallest absolute Gasteiger partial charge is 0.223 e. The number of unbranched alkanes of at least 4 members (excludes halogenated alkanes) is 2. The maximum Gasteiger partial charge on any atom is 0.223 e. The molecule has 1 aromatic heterocycles. The average molecular weight is 369 g/mol.